The molecule has 2 heterocycles. The van der Waals surface area contributed by atoms with E-state index in [1.807, 2.05) is 12.1 Å². The van der Waals surface area contributed by atoms with Crippen molar-refractivity contribution >= 4 is 29.3 Å². The first kappa shape index (κ1) is 15.6. The molecule has 1 aromatic carbocycles. The summed E-state index contributed by atoms with van der Waals surface area (Å²) in [5.74, 6) is 1.51. The minimum absolute atomic E-state index is 0.181. The summed E-state index contributed by atoms with van der Waals surface area (Å²) in [6.07, 6.45) is 0. The summed E-state index contributed by atoms with van der Waals surface area (Å²) in [5.41, 5.74) is 0.903. The molecule has 0 aliphatic rings. The molecule has 1 N–H and O–H groups in total. The van der Waals surface area contributed by atoms with Crippen LogP contribution in [-0.4, -0.2) is 28.3 Å². The number of benzene rings is 1. The Morgan fingerprint density at radius 1 is 1.30 bits per heavy atom. The largest absolute Gasteiger partial charge is 0.463 e. The minimum atomic E-state index is -0.496. The van der Waals surface area contributed by atoms with Crippen LogP contribution < -0.4 is 0 Å². The molecule has 6 nitrogen and oxygen atoms in total. The number of rotatable bonds is 5. The molecule has 2 aromatic heterocycles. The normalized spacial score (nSPS) is 10.7. The van der Waals surface area contributed by atoms with Crippen LogP contribution in [0.1, 0.15) is 16.3 Å². The van der Waals surface area contributed by atoms with Gasteiger partial charge in [0.2, 0.25) is 10.9 Å². The Kier molecular flexibility index (Phi) is 4.68. The number of halogens is 1. The van der Waals surface area contributed by atoms with Crippen LogP contribution in [0.15, 0.2) is 46.0 Å². The van der Waals surface area contributed by atoms with Crippen molar-refractivity contribution in [3.63, 3.8) is 0 Å². The number of nitrogens with zero attached hydrogens (tertiary/aromatic N) is 2. The molecule has 0 unspecified atom stereocenters. The zero-order valence-electron chi connectivity index (χ0n) is 12.1. The fourth-order valence-electron chi connectivity index (χ4n) is 1.85. The maximum atomic E-state index is 11.3. The second-order valence-electron chi connectivity index (χ2n) is 4.52. The third-order valence-electron chi connectivity index (χ3n) is 2.97. The molecule has 8 heteroatoms. The molecule has 0 amide bonds. The van der Waals surface area contributed by atoms with E-state index in [9.17, 15) is 4.79 Å². The summed E-state index contributed by atoms with van der Waals surface area (Å²) < 4.78 is 9.98. The van der Waals surface area contributed by atoms with Crippen LogP contribution in [0.2, 0.25) is 5.02 Å². The number of methoxy groups -OCH3 is 1. The van der Waals surface area contributed by atoms with Crippen molar-refractivity contribution in [3.8, 4) is 11.4 Å². The number of aromatic nitrogens is 3. The number of ether oxygens (including phenoxy) is 1. The first-order valence-corrected chi connectivity index (χ1v) is 8.00. The van der Waals surface area contributed by atoms with Crippen molar-refractivity contribution < 1.29 is 13.9 Å². The Labute approximate surface area is 141 Å². The summed E-state index contributed by atoms with van der Waals surface area (Å²) in [6, 6.07) is 10.6. The van der Waals surface area contributed by atoms with Gasteiger partial charge in [-0.15, -0.1) is 5.10 Å². The van der Waals surface area contributed by atoms with Crippen LogP contribution in [-0.2, 0) is 10.5 Å². The van der Waals surface area contributed by atoms with E-state index in [1.165, 1.54) is 18.9 Å². The van der Waals surface area contributed by atoms with Gasteiger partial charge >= 0.3 is 5.97 Å². The highest BCUT2D eigenvalue weighted by molar-refractivity contribution is 7.98. The van der Waals surface area contributed by atoms with Gasteiger partial charge < -0.3 is 9.15 Å². The van der Waals surface area contributed by atoms with Gasteiger partial charge in [0, 0.05) is 10.6 Å². The van der Waals surface area contributed by atoms with Crippen molar-refractivity contribution in [2.75, 3.05) is 7.11 Å². The Hall–Kier alpha value is -2.25. The molecule has 0 aliphatic heterocycles. The van der Waals surface area contributed by atoms with Crippen molar-refractivity contribution in [3.05, 3.63) is 52.9 Å². The molecular weight excluding hydrogens is 338 g/mol. The van der Waals surface area contributed by atoms with Crippen molar-refractivity contribution in [1.82, 2.24) is 15.2 Å². The number of carbonyl (C=O) groups is 1. The quantitative estimate of drug-likeness (QED) is 0.557. The van der Waals surface area contributed by atoms with E-state index in [0.717, 1.165) is 5.56 Å². The highest BCUT2D eigenvalue weighted by Gasteiger charge is 2.12. The number of carbonyl (C=O) groups excluding carboxylic acids is 1. The third kappa shape index (κ3) is 3.75. The topological polar surface area (TPSA) is 81.0 Å². The molecule has 0 spiro atoms. The minimum Gasteiger partial charge on any atom is -0.463 e. The molecule has 23 heavy (non-hydrogen) atoms. The maximum Gasteiger partial charge on any atom is 0.373 e. The maximum absolute atomic E-state index is 11.3. The van der Waals surface area contributed by atoms with E-state index in [4.69, 9.17) is 16.0 Å². The van der Waals surface area contributed by atoms with Gasteiger partial charge in [-0.05, 0) is 36.4 Å². The predicted octanol–water partition coefficient (Wildman–Crippen LogP) is 3.80. The summed E-state index contributed by atoms with van der Waals surface area (Å²) >= 11 is 7.26. The fourth-order valence-corrected chi connectivity index (χ4v) is 2.67. The number of H-pyrrole nitrogens is 1. The lowest BCUT2D eigenvalue weighted by molar-refractivity contribution is 0.0563. The van der Waals surface area contributed by atoms with E-state index in [-0.39, 0.29) is 5.76 Å². The summed E-state index contributed by atoms with van der Waals surface area (Å²) in [6.45, 7) is 0. The lowest BCUT2D eigenvalue weighted by Gasteiger charge is -1.95. The van der Waals surface area contributed by atoms with Crippen LogP contribution >= 0.6 is 23.4 Å². The van der Waals surface area contributed by atoms with E-state index < -0.39 is 5.97 Å². The molecule has 0 saturated carbocycles. The van der Waals surface area contributed by atoms with E-state index in [0.29, 0.717) is 27.5 Å². The molecule has 118 valence electrons. The number of furan rings is 1. The Morgan fingerprint density at radius 2 is 2.09 bits per heavy atom. The van der Waals surface area contributed by atoms with E-state index in [2.05, 4.69) is 19.9 Å². The third-order valence-corrected chi connectivity index (χ3v) is 4.10. The monoisotopic (exact) mass is 349 g/mol. The van der Waals surface area contributed by atoms with Crippen LogP contribution in [0.25, 0.3) is 11.4 Å². The van der Waals surface area contributed by atoms with Crippen LogP contribution in [0, 0.1) is 0 Å². The van der Waals surface area contributed by atoms with E-state index in [1.54, 1.807) is 24.3 Å². The lowest BCUT2D eigenvalue weighted by atomic mass is 10.2. The Bertz CT molecular complexity index is 813. The SMILES string of the molecule is COC(=O)c1ccc(CSc2n[nH]c(-c3ccc(Cl)cc3)n2)o1. The van der Waals surface area contributed by atoms with Gasteiger partial charge in [-0.1, -0.05) is 23.4 Å². The van der Waals surface area contributed by atoms with Gasteiger partial charge in [-0.2, -0.15) is 0 Å². The Balaban J connectivity index is 1.64. The highest BCUT2D eigenvalue weighted by Crippen LogP contribution is 2.24. The summed E-state index contributed by atoms with van der Waals surface area (Å²) in [5, 5.41) is 8.29. The zero-order chi connectivity index (χ0) is 16.2. The second kappa shape index (κ2) is 6.89. The smallest absolute Gasteiger partial charge is 0.373 e. The van der Waals surface area contributed by atoms with Gasteiger partial charge in [0.15, 0.2) is 5.82 Å². The summed E-state index contributed by atoms with van der Waals surface area (Å²) in [7, 11) is 1.31. The molecule has 3 aromatic rings. The Morgan fingerprint density at radius 3 is 2.83 bits per heavy atom. The fraction of sp³-hybridized carbons (Fsp3) is 0.133. The predicted molar refractivity (Wildman–Crippen MR) is 86.4 cm³/mol. The van der Waals surface area contributed by atoms with Gasteiger partial charge in [0.25, 0.3) is 0 Å². The molecule has 0 radical (unpaired) electrons. The zero-order valence-corrected chi connectivity index (χ0v) is 13.6. The second-order valence-corrected chi connectivity index (χ2v) is 5.90. The molecular formula is C15H12ClN3O3S. The molecule has 0 fully saturated rings. The van der Waals surface area contributed by atoms with Gasteiger partial charge in [-0.25, -0.2) is 9.78 Å². The highest BCUT2D eigenvalue weighted by atomic mass is 35.5. The van der Waals surface area contributed by atoms with Crippen LogP contribution in [0.5, 0.6) is 0 Å². The van der Waals surface area contributed by atoms with Crippen molar-refractivity contribution in [2.24, 2.45) is 0 Å². The number of aromatic amines is 1. The number of nitrogens with one attached hydrogen (secondary N) is 1. The first-order valence-electron chi connectivity index (χ1n) is 6.64. The number of hydrogen-bond donors (Lipinski definition) is 1. The molecule has 3 rings (SSSR count). The molecule has 0 aliphatic carbocycles. The molecule has 0 atom stereocenters. The van der Waals surface area contributed by atoms with Crippen molar-refractivity contribution in [2.45, 2.75) is 10.9 Å². The average Bonchev–Trinajstić information content (AvgIpc) is 3.22. The summed E-state index contributed by atoms with van der Waals surface area (Å²) in [4.78, 5) is 15.7. The number of esters is 1. The molecule has 0 bridgehead atoms. The lowest BCUT2D eigenvalue weighted by Crippen LogP contribution is -1.98. The van der Waals surface area contributed by atoms with Gasteiger partial charge in [0.1, 0.15) is 5.76 Å². The molecule has 0 saturated heterocycles. The average molecular weight is 350 g/mol. The van der Waals surface area contributed by atoms with Gasteiger partial charge in [-0.3, -0.25) is 5.10 Å². The van der Waals surface area contributed by atoms with Crippen LogP contribution in [0.3, 0.4) is 0 Å². The number of thioether (sulfide) groups is 1. The van der Waals surface area contributed by atoms with Crippen LogP contribution in [0.4, 0.5) is 0 Å². The number of hydrogen-bond acceptors (Lipinski definition) is 6. The van der Waals surface area contributed by atoms with E-state index >= 15 is 0 Å². The van der Waals surface area contributed by atoms with Gasteiger partial charge in [0.05, 0.1) is 12.9 Å². The first-order chi connectivity index (χ1) is 11.2. The standard InChI is InChI=1S/C15H12ClN3O3S/c1-21-14(20)12-7-6-11(22-12)8-23-15-17-13(18-19-15)9-2-4-10(16)5-3-9/h2-7H,8H2,1H3,(H,17,18,19). The van der Waals surface area contributed by atoms with Crippen molar-refractivity contribution in [1.29, 1.82) is 0 Å².